The summed E-state index contributed by atoms with van der Waals surface area (Å²) in [6.07, 6.45) is 4.97. The first-order valence-electron chi connectivity index (χ1n) is 7.61. The average molecular weight is 422 g/mol. The van der Waals surface area contributed by atoms with Gasteiger partial charge in [-0.15, -0.1) is 24.0 Å². The second-order valence-electron chi connectivity index (χ2n) is 4.63. The Hall–Kier alpha value is -1.25. The lowest BCUT2D eigenvalue weighted by molar-refractivity contribution is 0.0926. The molecule has 6 nitrogen and oxygen atoms in total. The SMILES string of the molecule is CCCCCN=C(NCC)NCCNC(=O)c1ccco1.I. The number of carbonyl (C=O) groups excluding carboxylic acids is 1. The van der Waals surface area contributed by atoms with Crippen molar-refractivity contribution in [3.05, 3.63) is 24.2 Å². The van der Waals surface area contributed by atoms with Gasteiger partial charge in [0.05, 0.1) is 6.26 Å². The van der Waals surface area contributed by atoms with Crippen LogP contribution in [0.15, 0.2) is 27.8 Å². The highest BCUT2D eigenvalue weighted by Crippen LogP contribution is 1.98. The molecule has 0 saturated carbocycles. The Kier molecular flexibility index (Phi) is 12.7. The highest BCUT2D eigenvalue weighted by atomic mass is 127. The van der Waals surface area contributed by atoms with Crippen LogP contribution in [0.25, 0.3) is 0 Å². The van der Waals surface area contributed by atoms with Crippen LogP contribution in [0.5, 0.6) is 0 Å². The second kappa shape index (κ2) is 13.4. The summed E-state index contributed by atoms with van der Waals surface area (Å²) in [5.41, 5.74) is 0. The number of hydrogen-bond acceptors (Lipinski definition) is 3. The topological polar surface area (TPSA) is 78.7 Å². The third-order valence-corrected chi connectivity index (χ3v) is 2.82. The third kappa shape index (κ3) is 8.91. The van der Waals surface area contributed by atoms with Crippen LogP contribution < -0.4 is 16.0 Å². The summed E-state index contributed by atoms with van der Waals surface area (Å²) < 4.78 is 5.02. The van der Waals surface area contributed by atoms with E-state index in [2.05, 4.69) is 27.9 Å². The number of unbranched alkanes of at least 4 members (excludes halogenated alkanes) is 2. The van der Waals surface area contributed by atoms with E-state index in [1.165, 1.54) is 19.1 Å². The molecule has 1 heterocycles. The lowest BCUT2D eigenvalue weighted by Crippen LogP contribution is -2.41. The molecule has 3 N–H and O–H groups in total. The van der Waals surface area contributed by atoms with E-state index in [0.717, 1.165) is 25.5 Å². The molecule has 0 aromatic carbocycles. The standard InChI is InChI=1S/C15H26N4O2.HI/c1-3-5-6-9-18-15(16-4-2)19-11-10-17-14(20)13-8-7-12-21-13;/h7-8,12H,3-6,9-11H2,1-2H3,(H,17,20)(H2,16,18,19);1H. The van der Waals surface area contributed by atoms with E-state index in [-0.39, 0.29) is 29.9 Å². The van der Waals surface area contributed by atoms with Crippen molar-refractivity contribution in [1.29, 1.82) is 0 Å². The zero-order valence-corrected chi connectivity index (χ0v) is 15.7. The van der Waals surface area contributed by atoms with Gasteiger partial charge in [-0.1, -0.05) is 19.8 Å². The Morgan fingerprint density at radius 1 is 1.18 bits per heavy atom. The molecular formula is C15H27IN4O2. The molecule has 1 aromatic heterocycles. The van der Waals surface area contributed by atoms with Crippen molar-refractivity contribution in [1.82, 2.24) is 16.0 Å². The predicted octanol–water partition coefficient (Wildman–Crippen LogP) is 2.37. The minimum absolute atomic E-state index is 0. The first-order chi connectivity index (χ1) is 10.3. The number of guanidine groups is 1. The van der Waals surface area contributed by atoms with E-state index in [0.29, 0.717) is 18.8 Å². The number of carbonyl (C=O) groups is 1. The monoisotopic (exact) mass is 422 g/mol. The molecule has 0 radical (unpaired) electrons. The van der Waals surface area contributed by atoms with Crippen LogP contribution in [-0.2, 0) is 0 Å². The van der Waals surface area contributed by atoms with Crippen molar-refractivity contribution in [2.45, 2.75) is 33.1 Å². The summed E-state index contributed by atoms with van der Waals surface area (Å²) >= 11 is 0. The lowest BCUT2D eigenvalue weighted by Gasteiger charge is -2.11. The molecular weight excluding hydrogens is 395 g/mol. The Morgan fingerprint density at radius 3 is 2.59 bits per heavy atom. The van der Waals surface area contributed by atoms with Gasteiger partial charge in [0.2, 0.25) is 0 Å². The molecule has 0 bridgehead atoms. The molecule has 0 aliphatic rings. The van der Waals surface area contributed by atoms with E-state index in [1.54, 1.807) is 12.1 Å². The molecule has 0 aliphatic carbocycles. The van der Waals surface area contributed by atoms with E-state index < -0.39 is 0 Å². The van der Waals surface area contributed by atoms with Crippen LogP contribution in [0.2, 0.25) is 0 Å². The molecule has 22 heavy (non-hydrogen) atoms. The smallest absolute Gasteiger partial charge is 0.287 e. The van der Waals surface area contributed by atoms with Gasteiger partial charge in [-0.05, 0) is 25.5 Å². The zero-order chi connectivity index (χ0) is 15.3. The minimum atomic E-state index is -0.202. The van der Waals surface area contributed by atoms with E-state index in [9.17, 15) is 4.79 Å². The summed E-state index contributed by atoms with van der Waals surface area (Å²) in [5, 5.41) is 9.16. The molecule has 0 spiro atoms. The Balaban J connectivity index is 0.00000441. The van der Waals surface area contributed by atoms with Gasteiger partial charge in [-0.3, -0.25) is 9.79 Å². The second-order valence-corrected chi connectivity index (χ2v) is 4.63. The molecule has 126 valence electrons. The quantitative estimate of drug-likeness (QED) is 0.247. The summed E-state index contributed by atoms with van der Waals surface area (Å²) in [6, 6.07) is 3.33. The van der Waals surface area contributed by atoms with Crippen molar-refractivity contribution >= 4 is 35.8 Å². The van der Waals surface area contributed by atoms with Gasteiger partial charge in [0, 0.05) is 26.2 Å². The molecule has 0 unspecified atom stereocenters. The fraction of sp³-hybridized carbons (Fsp3) is 0.600. The van der Waals surface area contributed by atoms with Crippen LogP contribution >= 0.6 is 24.0 Å². The van der Waals surface area contributed by atoms with Crippen LogP contribution in [0, 0.1) is 0 Å². The van der Waals surface area contributed by atoms with Gasteiger partial charge in [0.15, 0.2) is 11.7 Å². The normalized spacial score (nSPS) is 10.7. The zero-order valence-electron chi connectivity index (χ0n) is 13.4. The Bertz CT molecular complexity index is 421. The minimum Gasteiger partial charge on any atom is -0.459 e. The number of amides is 1. The number of nitrogens with zero attached hydrogens (tertiary/aromatic N) is 1. The number of nitrogens with one attached hydrogen (secondary N) is 3. The first kappa shape index (κ1) is 20.8. The fourth-order valence-electron chi connectivity index (χ4n) is 1.75. The van der Waals surface area contributed by atoms with Gasteiger partial charge in [-0.2, -0.15) is 0 Å². The van der Waals surface area contributed by atoms with E-state index in [1.807, 2.05) is 6.92 Å². The van der Waals surface area contributed by atoms with E-state index in [4.69, 9.17) is 4.42 Å². The van der Waals surface area contributed by atoms with Gasteiger partial charge in [0.1, 0.15) is 0 Å². The summed E-state index contributed by atoms with van der Waals surface area (Å²) in [7, 11) is 0. The van der Waals surface area contributed by atoms with Gasteiger partial charge >= 0.3 is 0 Å². The van der Waals surface area contributed by atoms with Crippen LogP contribution in [0.3, 0.4) is 0 Å². The maximum absolute atomic E-state index is 11.6. The maximum Gasteiger partial charge on any atom is 0.287 e. The number of halogens is 1. The molecule has 1 aromatic rings. The molecule has 7 heteroatoms. The number of hydrogen-bond donors (Lipinski definition) is 3. The highest BCUT2D eigenvalue weighted by molar-refractivity contribution is 14.0. The van der Waals surface area contributed by atoms with Crippen LogP contribution in [-0.4, -0.2) is 38.0 Å². The maximum atomic E-state index is 11.6. The first-order valence-corrected chi connectivity index (χ1v) is 7.61. The Morgan fingerprint density at radius 2 is 1.95 bits per heavy atom. The van der Waals surface area contributed by atoms with Crippen molar-refractivity contribution in [3.8, 4) is 0 Å². The molecule has 1 amide bonds. The molecule has 0 aliphatic heterocycles. The summed E-state index contributed by atoms with van der Waals surface area (Å²) in [5.74, 6) is 0.919. The fourth-order valence-corrected chi connectivity index (χ4v) is 1.75. The van der Waals surface area contributed by atoms with Crippen molar-refractivity contribution < 1.29 is 9.21 Å². The highest BCUT2D eigenvalue weighted by Gasteiger charge is 2.06. The van der Waals surface area contributed by atoms with Crippen molar-refractivity contribution in [3.63, 3.8) is 0 Å². The largest absolute Gasteiger partial charge is 0.459 e. The molecule has 0 saturated heterocycles. The molecule has 0 atom stereocenters. The summed E-state index contributed by atoms with van der Waals surface area (Å²) in [6.45, 7) is 6.97. The average Bonchev–Trinajstić information content (AvgIpc) is 3.02. The van der Waals surface area contributed by atoms with Gasteiger partial charge < -0.3 is 20.4 Å². The van der Waals surface area contributed by atoms with Gasteiger partial charge in [-0.25, -0.2) is 0 Å². The predicted molar refractivity (Wildman–Crippen MR) is 100.0 cm³/mol. The van der Waals surface area contributed by atoms with Crippen LogP contribution in [0.1, 0.15) is 43.7 Å². The number of furan rings is 1. The van der Waals surface area contributed by atoms with Crippen LogP contribution in [0.4, 0.5) is 0 Å². The molecule has 1 rings (SSSR count). The van der Waals surface area contributed by atoms with E-state index >= 15 is 0 Å². The lowest BCUT2D eigenvalue weighted by atomic mass is 10.2. The van der Waals surface area contributed by atoms with Gasteiger partial charge in [0.25, 0.3) is 5.91 Å². The van der Waals surface area contributed by atoms with Crippen molar-refractivity contribution in [2.75, 3.05) is 26.2 Å². The number of aliphatic imine (C=N–C) groups is 1. The Labute approximate surface area is 149 Å². The third-order valence-electron chi connectivity index (χ3n) is 2.82. The summed E-state index contributed by atoms with van der Waals surface area (Å²) in [4.78, 5) is 16.1. The molecule has 0 fully saturated rings. The van der Waals surface area contributed by atoms with Crippen molar-refractivity contribution in [2.24, 2.45) is 4.99 Å². The number of rotatable bonds is 9.